The van der Waals surface area contributed by atoms with Gasteiger partial charge in [0.25, 0.3) is 5.69 Å². The van der Waals surface area contributed by atoms with Crippen LogP contribution in [-0.4, -0.2) is 10.6 Å². The third-order valence-corrected chi connectivity index (χ3v) is 2.69. The molecule has 0 atom stereocenters. The Morgan fingerprint density at radius 1 is 1.57 bits per heavy atom. The van der Waals surface area contributed by atoms with E-state index in [0.717, 1.165) is 17.0 Å². The highest BCUT2D eigenvalue weighted by Crippen LogP contribution is 2.37. The lowest BCUT2D eigenvalue weighted by molar-refractivity contribution is -0.385. The average molecular weight is 255 g/mol. The Hall–Kier alpha value is -1.23. The zero-order chi connectivity index (χ0) is 10.3. The number of hydrogen-bond donors (Lipinski definition) is 0. The van der Waals surface area contributed by atoms with Gasteiger partial charge in [-0.1, -0.05) is 0 Å². The van der Waals surface area contributed by atoms with E-state index in [4.69, 9.17) is 0 Å². The smallest absolute Gasteiger partial charge is 0.258 e. The summed E-state index contributed by atoms with van der Waals surface area (Å²) in [4.78, 5) is 14.5. The molecule has 2 rings (SSSR count). The van der Waals surface area contributed by atoms with Gasteiger partial charge in [0.15, 0.2) is 0 Å². The van der Waals surface area contributed by atoms with Crippen LogP contribution < -0.4 is 0 Å². The summed E-state index contributed by atoms with van der Waals surface area (Å²) in [7, 11) is 0. The first-order valence-electron chi connectivity index (χ1n) is 4.09. The molecule has 72 valence electrons. The average Bonchev–Trinajstić information content (AvgIpc) is 2.45. The molecule has 1 aliphatic heterocycles. The Morgan fingerprint density at radius 2 is 2.29 bits per heavy atom. The molecule has 1 aromatic rings. The number of rotatable bonds is 1. The van der Waals surface area contributed by atoms with Gasteiger partial charge in [-0.3, -0.25) is 15.1 Å². The van der Waals surface area contributed by atoms with Gasteiger partial charge in [-0.05, 0) is 28.4 Å². The molecular weight excluding hydrogens is 248 g/mol. The summed E-state index contributed by atoms with van der Waals surface area (Å²) >= 11 is 3.28. The molecule has 1 aliphatic rings. The minimum absolute atomic E-state index is 0.112. The molecule has 0 bridgehead atoms. The maximum atomic E-state index is 10.6. The van der Waals surface area contributed by atoms with Crippen molar-refractivity contribution in [2.24, 2.45) is 4.99 Å². The van der Waals surface area contributed by atoms with Gasteiger partial charge < -0.3 is 0 Å². The van der Waals surface area contributed by atoms with Crippen LogP contribution in [0.1, 0.15) is 12.5 Å². The van der Waals surface area contributed by atoms with E-state index in [0.29, 0.717) is 10.9 Å². The van der Waals surface area contributed by atoms with Crippen LogP contribution in [0.15, 0.2) is 21.6 Å². The molecule has 1 heterocycles. The maximum Gasteiger partial charge on any atom is 0.271 e. The number of hydrogen-bond acceptors (Lipinski definition) is 3. The lowest BCUT2D eigenvalue weighted by Gasteiger charge is -1.99. The molecule has 0 radical (unpaired) electrons. The van der Waals surface area contributed by atoms with Crippen LogP contribution in [0.2, 0.25) is 0 Å². The highest BCUT2D eigenvalue weighted by Gasteiger charge is 2.19. The normalized spacial score (nSPS) is 13.7. The van der Waals surface area contributed by atoms with Crippen LogP contribution >= 0.6 is 15.9 Å². The fourth-order valence-corrected chi connectivity index (χ4v) is 2.09. The minimum Gasteiger partial charge on any atom is -0.258 e. The largest absolute Gasteiger partial charge is 0.271 e. The van der Waals surface area contributed by atoms with Crippen molar-refractivity contribution in [3.63, 3.8) is 0 Å². The van der Waals surface area contributed by atoms with Crippen molar-refractivity contribution in [1.82, 2.24) is 0 Å². The van der Waals surface area contributed by atoms with Gasteiger partial charge in [0.2, 0.25) is 0 Å². The number of nitro groups is 1. The van der Waals surface area contributed by atoms with E-state index in [1.54, 1.807) is 6.07 Å². The van der Waals surface area contributed by atoms with Crippen LogP contribution in [0.4, 0.5) is 11.4 Å². The van der Waals surface area contributed by atoms with E-state index in [-0.39, 0.29) is 5.69 Å². The third kappa shape index (κ3) is 1.43. The van der Waals surface area contributed by atoms with Gasteiger partial charge in [-0.2, -0.15) is 0 Å². The van der Waals surface area contributed by atoms with Gasteiger partial charge >= 0.3 is 0 Å². The van der Waals surface area contributed by atoms with Gasteiger partial charge in [0, 0.05) is 24.3 Å². The number of nitrogens with zero attached hydrogens (tertiary/aromatic N) is 2. The number of benzene rings is 1. The number of nitro benzene ring substituents is 1. The highest BCUT2D eigenvalue weighted by molar-refractivity contribution is 9.10. The van der Waals surface area contributed by atoms with Crippen molar-refractivity contribution >= 4 is 33.0 Å². The third-order valence-electron chi connectivity index (χ3n) is 2.09. The van der Waals surface area contributed by atoms with Gasteiger partial charge in [-0.15, -0.1) is 0 Å². The first-order chi connectivity index (χ1) is 6.58. The Morgan fingerprint density at radius 3 is 2.93 bits per heavy atom. The number of non-ortho nitro benzene ring substituents is 1. The highest BCUT2D eigenvalue weighted by atomic mass is 79.9. The summed E-state index contributed by atoms with van der Waals surface area (Å²) in [6.45, 7) is 1.91. The molecule has 0 aromatic heterocycles. The predicted octanol–water partition coefficient (Wildman–Crippen LogP) is 3.01. The molecule has 0 N–H and O–H groups in total. The fourth-order valence-electron chi connectivity index (χ4n) is 1.51. The van der Waals surface area contributed by atoms with Crippen molar-refractivity contribution in [1.29, 1.82) is 0 Å². The predicted molar refractivity (Wildman–Crippen MR) is 57.3 cm³/mol. The molecular formula is C9H7BrN2O2. The van der Waals surface area contributed by atoms with E-state index in [9.17, 15) is 10.1 Å². The zero-order valence-electron chi connectivity index (χ0n) is 7.45. The van der Waals surface area contributed by atoms with Crippen LogP contribution in [0.25, 0.3) is 0 Å². The summed E-state index contributed by atoms with van der Waals surface area (Å²) in [5.74, 6) is 0. The Kier molecular flexibility index (Phi) is 2.11. The molecule has 5 heteroatoms. The molecule has 0 unspecified atom stereocenters. The first kappa shape index (κ1) is 9.33. The molecule has 1 aromatic carbocycles. The minimum atomic E-state index is -0.390. The molecule has 14 heavy (non-hydrogen) atoms. The van der Waals surface area contributed by atoms with Crippen LogP contribution in [0.5, 0.6) is 0 Å². The molecule has 0 fully saturated rings. The summed E-state index contributed by atoms with van der Waals surface area (Å²) < 4.78 is 0.693. The number of halogens is 1. The zero-order valence-corrected chi connectivity index (χ0v) is 9.04. The van der Waals surface area contributed by atoms with Gasteiger partial charge in [0.1, 0.15) is 0 Å². The maximum absolute atomic E-state index is 10.6. The monoisotopic (exact) mass is 254 g/mol. The van der Waals surface area contributed by atoms with Gasteiger partial charge in [-0.25, -0.2) is 0 Å². The Balaban J connectivity index is 2.57. The second kappa shape index (κ2) is 3.16. The van der Waals surface area contributed by atoms with E-state index in [1.807, 2.05) is 6.92 Å². The van der Waals surface area contributed by atoms with E-state index in [2.05, 4.69) is 20.9 Å². The molecule has 0 amide bonds. The number of fused-ring (bicyclic) bond motifs is 1. The second-order valence-electron chi connectivity index (χ2n) is 3.22. The standard InChI is InChI=1S/C9H7BrN2O2/c1-5-2-6-3-7(12(13)14)4-8(10)9(6)11-5/h3-4H,2H2,1H3. The Bertz CT molecular complexity index is 454. The van der Waals surface area contributed by atoms with E-state index >= 15 is 0 Å². The first-order valence-corrected chi connectivity index (χ1v) is 4.88. The lowest BCUT2D eigenvalue weighted by atomic mass is 10.1. The molecule has 0 aliphatic carbocycles. The second-order valence-corrected chi connectivity index (χ2v) is 4.07. The van der Waals surface area contributed by atoms with Crippen LogP contribution in [0, 0.1) is 10.1 Å². The van der Waals surface area contributed by atoms with E-state index < -0.39 is 4.92 Å². The molecule has 0 spiro atoms. The Labute approximate surface area is 88.9 Å². The topological polar surface area (TPSA) is 55.5 Å². The SMILES string of the molecule is CC1=Nc2c(Br)cc([N+](=O)[O-])cc2C1. The quantitative estimate of drug-likeness (QED) is 0.572. The molecule has 4 nitrogen and oxygen atoms in total. The van der Waals surface area contributed by atoms with E-state index in [1.165, 1.54) is 6.07 Å². The fraction of sp³-hybridized carbons (Fsp3) is 0.222. The number of aliphatic imine (C=N–C) groups is 1. The molecule has 0 saturated heterocycles. The van der Waals surface area contributed by atoms with Gasteiger partial charge in [0.05, 0.1) is 15.1 Å². The molecule has 0 saturated carbocycles. The summed E-state index contributed by atoms with van der Waals surface area (Å²) in [5.41, 5.74) is 2.85. The summed E-state index contributed by atoms with van der Waals surface area (Å²) in [6.07, 6.45) is 0.704. The lowest BCUT2D eigenvalue weighted by Crippen LogP contribution is -1.92. The van der Waals surface area contributed by atoms with Crippen LogP contribution in [-0.2, 0) is 6.42 Å². The van der Waals surface area contributed by atoms with Crippen molar-refractivity contribution in [3.8, 4) is 0 Å². The van der Waals surface area contributed by atoms with Crippen molar-refractivity contribution in [2.45, 2.75) is 13.3 Å². The van der Waals surface area contributed by atoms with Crippen molar-refractivity contribution < 1.29 is 4.92 Å². The summed E-state index contributed by atoms with van der Waals surface area (Å²) in [6, 6.07) is 3.07. The van der Waals surface area contributed by atoms with Crippen molar-refractivity contribution in [3.05, 3.63) is 32.3 Å². The van der Waals surface area contributed by atoms with Crippen molar-refractivity contribution in [2.75, 3.05) is 0 Å². The summed E-state index contributed by atoms with van der Waals surface area (Å²) in [5, 5.41) is 10.6. The van der Waals surface area contributed by atoms with Crippen LogP contribution in [0.3, 0.4) is 0 Å².